The van der Waals surface area contributed by atoms with Crippen LogP contribution in [0.15, 0.2) is 11.7 Å². The second-order valence-corrected chi connectivity index (χ2v) is 7.64. The average molecular weight is 330 g/mol. The van der Waals surface area contributed by atoms with Crippen LogP contribution in [0.25, 0.3) is 10.2 Å². The van der Waals surface area contributed by atoms with Gasteiger partial charge in [0.2, 0.25) is 5.91 Å². The molecule has 0 radical (unpaired) electrons. The fraction of sp³-hybridized carbons (Fsp3) is 0.588. The van der Waals surface area contributed by atoms with Gasteiger partial charge in [0.15, 0.2) is 0 Å². The smallest absolute Gasteiger partial charge is 0.225 e. The van der Waals surface area contributed by atoms with Crippen molar-refractivity contribution in [3.8, 4) is 0 Å². The maximum Gasteiger partial charge on any atom is 0.225 e. The summed E-state index contributed by atoms with van der Waals surface area (Å²) in [6.45, 7) is 3.97. The molecule has 2 aromatic heterocycles. The molecule has 0 spiro atoms. The molecule has 0 bridgehead atoms. The Morgan fingerprint density at radius 2 is 2.17 bits per heavy atom. The van der Waals surface area contributed by atoms with Crippen molar-refractivity contribution >= 4 is 33.3 Å². The quantitative estimate of drug-likeness (QED) is 0.868. The van der Waals surface area contributed by atoms with E-state index in [9.17, 15) is 4.79 Å². The van der Waals surface area contributed by atoms with Crippen LogP contribution in [0.1, 0.15) is 31.2 Å². The van der Waals surface area contributed by atoms with Gasteiger partial charge in [-0.25, -0.2) is 9.97 Å². The number of aryl methyl sites for hydroxylation is 1. The van der Waals surface area contributed by atoms with Crippen LogP contribution in [-0.2, 0) is 4.79 Å². The minimum atomic E-state index is 0.293. The van der Waals surface area contributed by atoms with Crippen molar-refractivity contribution in [2.45, 2.75) is 38.6 Å². The largest absolute Gasteiger partial charge is 0.353 e. The summed E-state index contributed by atoms with van der Waals surface area (Å²) in [5.41, 5.74) is 2.27. The Labute approximate surface area is 140 Å². The third-order valence-corrected chi connectivity index (χ3v) is 6.11. The lowest BCUT2D eigenvalue weighted by molar-refractivity contribution is -0.133. The molecule has 3 heterocycles. The van der Waals surface area contributed by atoms with Crippen LogP contribution < -0.4 is 4.90 Å². The van der Waals surface area contributed by atoms with E-state index in [1.165, 1.54) is 10.3 Å². The van der Waals surface area contributed by atoms with E-state index in [1.807, 2.05) is 11.9 Å². The second-order valence-electron chi connectivity index (χ2n) is 6.76. The van der Waals surface area contributed by atoms with E-state index in [2.05, 4.69) is 27.2 Å². The van der Waals surface area contributed by atoms with Crippen LogP contribution in [0.4, 0.5) is 5.82 Å². The number of thiophene rings is 1. The van der Waals surface area contributed by atoms with E-state index in [0.29, 0.717) is 17.9 Å². The minimum absolute atomic E-state index is 0.293. The van der Waals surface area contributed by atoms with Crippen molar-refractivity contribution in [3.05, 3.63) is 17.3 Å². The molecule has 0 N–H and O–H groups in total. The number of carbonyl (C=O) groups excluding carboxylic acids is 1. The Morgan fingerprint density at radius 3 is 2.96 bits per heavy atom. The first kappa shape index (κ1) is 14.9. The highest BCUT2D eigenvalue weighted by Crippen LogP contribution is 2.34. The third-order valence-electron chi connectivity index (χ3n) is 5.03. The zero-order chi connectivity index (χ0) is 16.0. The van der Waals surface area contributed by atoms with Gasteiger partial charge in [-0.1, -0.05) is 0 Å². The second kappa shape index (κ2) is 5.74. The summed E-state index contributed by atoms with van der Waals surface area (Å²) in [6.07, 6.45) is 5.99. The Hall–Kier alpha value is -1.69. The van der Waals surface area contributed by atoms with Crippen molar-refractivity contribution in [2.24, 2.45) is 5.92 Å². The lowest BCUT2D eigenvalue weighted by Crippen LogP contribution is -2.49. The number of hydrogen-bond acceptors (Lipinski definition) is 5. The number of likely N-dealkylation sites (N-methyl/N-ethyl adjacent to an activating group) is 1. The fourth-order valence-electron chi connectivity index (χ4n) is 3.44. The van der Waals surface area contributed by atoms with Gasteiger partial charge in [-0.2, -0.15) is 0 Å². The van der Waals surface area contributed by atoms with Gasteiger partial charge >= 0.3 is 0 Å². The Balaban J connectivity index is 1.57. The molecule has 2 aromatic rings. The van der Waals surface area contributed by atoms with E-state index in [1.54, 1.807) is 17.7 Å². The maximum absolute atomic E-state index is 12.3. The molecule has 1 atom stereocenters. The molecule has 23 heavy (non-hydrogen) atoms. The van der Waals surface area contributed by atoms with Crippen LogP contribution in [-0.4, -0.2) is 47.0 Å². The zero-order valence-corrected chi connectivity index (χ0v) is 14.5. The number of hydrogen-bond donors (Lipinski definition) is 0. The molecular formula is C17H22N4OS. The summed E-state index contributed by atoms with van der Waals surface area (Å²) in [6, 6.07) is 0.294. The average Bonchev–Trinajstić information content (AvgIpc) is 3.37. The van der Waals surface area contributed by atoms with Crippen molar-refractivity contribution in [3.63, 3.8) is 0 Å². The molecule has 1 aliphatic carbocycles. The number of rotatable bonds is 3. The molecule has 2 aliphatic rings. The summed E-state index contributed by atoms with van der Waals surface area (Å²) in [5.74, 6) is 1.66. The van der Waals surface area contributed by atoms with Crippen LogP contribution in [0.3, 0.4) is 0 Å². The van der Waals surface area contributed by atoms with Crippen molar-refractivity contribution < 1.29 is 4.79 Å². The van der Waals surface area contributed by atoms with E-state index in [0.717, 1.165) is 50.1 Å². The standard InChI is InChI=1S/C17H22N4OS/c1-11-9-23-15-14(11)18-10-19-16(15)21-7-3-4-13(8-21)20(2)17(22)12-5-6-12/h9-10,12-13H,3-8H2,1-2H3. The third kappa shape index (κ3) is 2.69. The van der Waals surface area contributed by atoms with Crippen molar-refractivity contribution in [2.75, 3.05) is 25.0 Å². The zero-order valence-electron chi connectivity index (χ0n) is 13.7. The number of nitrogens with zero attached hydrogens (tertiary/aromatic N) is 4. The SMILES string of the molecule is Cc1csc2c(N3CCCC(N(C)C(=O)C4CC4)C3)ncnc12. The first-order valence-electron chi connectivity index (χ1n) is 8.35. The highest BCUT2D eigenvalue weighted by Gasteiger charge is 2.36. The minimum Gasteiger partial charge on any atom is -0.353 e. The Morgan fingerprint density at radius 1 is 1.35 bits per heavy atom. The van der Waals surface area contributed by atoms with Gasteiger partial charge in [-0.05, 0) is 43.6 Å². The first-order valence-corrected chi connectivity index (χ1v) is 9.23. The monoisotopic (exact) mass is 330 g/mol. The van der Waals surface area contributed by atoms with Gasteiger partial charge in [0.1, 0.15) is 12.1 Å². The summed E-state index contributed by atoms with van der Waals surface area (Å²) < 4.78 is 1.17. The number of piperidine rings is 1. The molecule has 0 aromatic carbocycles. The number of anilines is 1. The number of carbonyl (C=O) groups is 1. The molecule has 1 unspecified atom stereocenters. The predicted octanol–water partition coefficient (Wildman–Crippen LogP) is 2.84. The molecule has 2 fully saturated rings. The molecular weight excluding hydrogens is 308 g/mol. The number of amides is 1. The first-order chi connectivity index (χ1) is 11.1. The Bertz CT molecular complexity index is 739. The molecule has 1 saturated heterocycles. The van der Waals surface area contributed by atoms with Gasteiger partial charge in [-0.3, -0.25) is 4.79 Å². The lowest BCUT2D eigenvalue weighted by atomic mass is 10.0. The molecule has 122 valence electrons. The molecule has 1 amide bonds. The van der Waals surface area contributed by atoms with E-state index in [-0.39, 0.29) is 0 Å². The summed E-state index contributed by atoms with van der Waals surface area (Å²) in [4.78, 5) is 25.6. The van der Waals surface area contributed by atoms with Crippen LogP contribution in [0, 0.1) is 12.8 Å². The summed E-state index contributed by atoms with van der Waals surface area (Å²) in [7, 11) is 1.97. The number of aromatic nitrogens is 2. The molecule has 5 nitrogen and oxygen atoms in total. The van der Waals surface area contributed by atoms with Crippen LogP contribution in [0.2, 0.25) is 0 Å². The van der Waals surface area contributed by atoms with Gasteiger partial charge in [0, 0.05) is 32.1 Å². The molecule has 1 saturated carbocycles. The van der Waals surface area contributed by atoms with Gasteiger partial charge in [0.05, 0.1) is 10.2 Å². The molecule has 4 rings (SSSR count). The van der Waals surface area contributed by atoms with E-state index in [4.69, 9.17) is 0 Å². The maximum atomic E-state index is 12.3. The van der Waals surface area contributed by atoms with Crippen LogP contribution in [0.5, 0.6) is 0 Å². The summed E-state index contributed by atoms with van der Waals surface area (Å²) in [5, 5.41) is 2.15. The van der Waals surface area contributed by atoms with E-state index >= 15 is 0 Å². The highest BCUT2D eigenvalue weighted by atomic mass is 32.1. The Kier molecular flexibility index (Phi) is 3.71. The number of fused-ring (bicyclic) bond motifs is 1. The van der Waals surface area contributed by atoms with E-state index < -0.39 is 0 Å². The van der Waals surface area contributed by atoms with Gasteiger partial charge < -0.3 is 9.80 Å². The highest BCUT2D eigenvalue weighted by molar-refractivity contribution is 7.18. The molecule has 6 heteroatoms. The lowest BCUT2D eigenvalue weighted by Gasteiger charge is -2.38. The predicted molar refractivity (Wildman–Crippen MR) is 92.9 cm³/mol. The fourth-order valence-corrected chi connectivity index (χ4v) is 4.46. The van der Waals surface area contributed by atoms with Gasteiger partial charge in [-0.15, -0.1) is 11.3 Å². The summed E-state index contributed by atoms with van der Waals surface area (Å²) >= 11 is 1.72. The van der Waals surface area contributed by atoms with Gasteiger partial charge in [0.25, 0.3) is 0 Å². The topological polar surface area (TPSA) is 49.3 Å². The normalized spacial score (nSPS) is 21.7. The van der Waals surface area contributed by atoms with Crippen molar-refractivity contribution in [1.29, 1.82) is 0 Å². The van der Waals surface area contributed by atoms with Crippen molar-refractivity contribution in [1.82, 2.24) is 14.9 Å². The molecule has 1 aliphatic heterocycles. The van der Waals surface area contributed by atoms with Crippen LogP contribution >= 0.6 is 11.3 Å².